The van der Waals surface area contributed by atoms with Gasteiger partial charge in [-0.15, -0.1) is 0 Å². The topological polar surface area (TPSA) is 29.1 Å². The minimum Gasteiger partial charge on any atom is -0.305 e. The van der Waals surface area contributed by atoms with Gasteiger partial charge in [-0.25, -0.2) is 0 Å². The average Bonchev–Trinajstić information content (AvgIpc) is 2.75. The van der Waals surface area contributed by atoms with E-state index in [2.05, 4.69) is 24.4 Å². The number of ketones is 1. The number of rotatable bonds is 5. The molecule has 2 heteroatoms. The summed E-state index contributed by atoms with van der Waals surface area (Å²) in [5.74, 6) is 0.219. The first-order valence-corrected chi connectivity index (χ1v) is 8.10. The van der Waals surface area contributed by atoms with E-state index in [1.54, 1.807) is 0 Å². The van der Waals surface area contributed by atoms with E-state index in [0.717, 1.165) is 12.0 Å². The Morgan fingerprint density at radius 2 is 1.75 bits per heavy atom. The van der Waals surface area contributed by atoms with Crippen LogP contribution in [-0.2, 0) is 6.42 Å². The largest absolute Gasteiger partial charge is 0.305 e. The molecule has 1 N–H and O–H groups in total. The van der Waals surface area contributed by atoms with E-state index in [0.29, 0.717) is 6.04 Å². The van der Waals surface area contributed by atoms with E-state index >= 15 is 0 Å². The minimum absolute atomic E-state index is 0.0782. The number of aryl methyl sites for hydroxylation is 1. The lowest BCUT2D eigenvalue weighted by Crippen LogP contribution is -2.41. The molecule has 1 fully saturated rings. The molecule has 0 heterocycles. The predicted molar refractivity (Wildman–Crippen MR) is 84.2 cm³/mol. The summed E-state index contributed by atoms with van der Waals surface area (Å²) in [7, 11) is 0. The molecule has 0 saturated heterocycles. The van der Waals surface area contributed by atoms with Gasteiger partial charge < -0.3 is 5.32 Å². The molecule has 1 aromatic rings. The lowest BCUT2D eigenvalue weighted by molar-refractivity contribution is 0.0942. The summed E-state index contributed by atoms with van der Waals surface area (Å²) in [5, 5.41) is 3.54. The monoisotopic (exact) mass is 273 g/mol. The maximum absolute atomic E-state index is 12.4. The van der Waals surface area contributed by atoms with Gasteiger partial charge in [-0.2, -0.15) is 0 Å². The molecule has 2 rings (SSSR count). The van der Waals surface area contributed by atoms with E-state index in [4.69, 9.17) is 0 Å². The number of carbonyl (C=O) groups excluding carboxylic acids is 1. The van der Waals surface area contributed by atoms with Crippen molar-refractivity contribution in [2.75, 3.05) is 0 Å². The molecule has 1 saturated carbocycles. The summed E-state index contributed by atoms with van der Waals surface area (Å²) >= 11 is 0. The predicted octanol–water partition coefficient (Wildman–Crippen LogP) is 4.13. The zero-order valence-corrected chi connectivity index (χ0v) is 12.8. The Hall–Kier alpha value is -1.15. The van der Waals surface area contributed by atoms with Crippen molar-refractivity contribution in [2.24, 2.45) is 0 Å². The van der Waals surface area contributed by atoms with Crippen LogP contribution >= 0.6 is 0 Å². The molecule has 1 atom stereocenters. The molecule has 0 amide bonds. The summed E-state index contributed by atoms with van der Waals surface area (Å²) in [4.78, 5) is 12.4. The van der Waals surface area contributed by atoms with Crippen LogP contribution < -0.4 is 5.32 Å². The van der Waals surface area contributed by atoms with Crippen LogP contribution in [0.4, 0.5) is 0 Å². The molecule has 0 spiro atoms. The molecular weight excluding hydrogens is 246 g/mol. The molecule has 1 unspecified atom stereocenters. The van der Waals surface area contributed by atoms with Crippen molar-refractivity contribution in [1.82, 2.24) is 5.32 Å². The van der Waals surface area contributed by atoms with Gasteiger partial charge in [0.05, 0.1) is 6.04 Å². The first-order valence-electron chi connectivity index (χ1n) is 8.10. The summed E-state index contributed by atoms with van der Waals surface area (Å²) in [5.41, 5.74) is 2.11. The van der Waals surface area contributed by atoms with E-state index < -0.39 is 0 Å². The number of carbonyl (C=O) groups is 1. The number of hydrogen-bond donors (Lipinski definition) is 1. The Morgan fingerprint density at radius 3 is 2.30 bits per heavy atom. The summed E-state index contributed by atoms with van der Waals surface area (Å²) in [6.07, 6.45) is 8.73. The van der Waals surface area contributed by atoms with E-state index in [9.17, 15) is 4.79 Å². The molecule has 1 aliphatic rings. The van der Waals surface area contributed by atoms with Crippen molar-refractivity contribution < 1.29 is 4.79 Å². The van der Waals surface area contributed by atoms with Gasteiger partial charge in [0.1, 0.15) is 0 Å². The van der Waals surface area contributed by atoms with Crippen molar-refractivity contribution in [3.8, 4) is 0 Å². The van der Waals surface area contributed by atoms with Crippen molar-refractivity contribution in [2.45, 2.75) is 70.9 Å². The third kappa shape index (κ3) is 4.17. The second-order valence-electron chi connectivity index (χ2n) is 5.99. The Bertz CT molecular complexity index is 416. The van der Waals surface area contributed by atoms with Crippen LogP contribution in [0.1, 0.15) is 68.3 Å². The van der Waals surface area contributed by atoms with Gasteiger partial charge in [0, 0.05) is 11.6 Å². The Balaban J connectivity index is 1.92. The van der Waals surface area contributed by atoms with E-state index in [-0.39, 0.29) is 11.8 Å². The van der Waals surface area contributed by atoms with Crippen molar-refractivity contribution in [1.29, 1.82) is 0 Å². The lowest BCUT2D eigenvalue weighted by Gasteiger charge is -2.21. The van der Waals surface area contributed by atoms with Crippen LogP contribution in [0.25, 0.3) is 0 Å². The maximum Gasteiger partial charge on any atom is 0.179 e. The number of hydrogen-bond acceptors (Lipinski definition) is 2. The van der Waals surface area contributed by atoms with Gasteiger partial charge in [-0.05, 0) is 31.7 Å². The minimum atomic E-state index is -0.0782. The highest BCUT2D eigenvalue weighted by molar-refractivity contribution is 5.99. The average molecular weight is 273 g/mol. The van der Waals surface area contributed by atoms with E-state index in [1.165, 1.54) is 44.1 Å². The molecule has 20 heavy (non-hydrogen) atoms. The lowest BCUT2D eigenvalue weighted by atomic mass is 10.0. The second-order valence-corrected chi connectivity index (χ2v) is 5.99. The van der Waals surface area contributed by atoms with Crippen molar-refractivity contribution in [3.63, 3.8) is 0 Å². The fraction of sp³-hybridized carbons (Fsp3) is 0.611. The van der Waals surface area contributed by atoms with Crippen LogP contribution in [0.2, 0.25) is 0 Å². The van der Waals surface area contributed by atoms with E-state index in [1.807, 2.05) is 19.1 Å². The van der Waals surface area contributed by atoms with Crippen LogP contribution in [0, 0.1) is 0 Å². The van der Waals surface area contributed by atoms with Gasteiger partial charge in [-0.1, -0.05) is 56.9 Å². The summed E-state index contributed by atoms with van der Waals surface area (Å²) in [6.45, 7) is 4.13. The maximum atomic E-state index is 12.4. The highest BCUT2D eigenvalue weighted by atomic mass is 16.1. The molecule has 0 aliphatic heterocycles. The number of nitrogens with one attached hydrogen (secondary N) is 1. The normalized spacial score (nSPS) is 18.5. The van der Waals surface area contributed by atoms with Gasteiger partial charge in [-0.3, -0.25) is 4.79 Å². The highest BCUT2D eigenvalue weighted by Gasteiger charge is 2.20. The standard InChI is InChI=1S/C18H27NO/c1-3-15-10-12-16(13-11-15)18(20)14(2)19-17-8-6-4-5-7-9-17/h10-14,17,19H,3-9H2,1-2H3. The SMILES string of the molecule is CCc1ccc(C(=O)C(C)NC2CCCCCC2)cc1. The second kappa shape index (κ2) is 7.58. The molecule has 1 aromatic carbocycles. The van der Waals surface area contributed by atoms with Crippen molar-refractivity contribution >= 4 is 5.78 Å². The van der Waals surface area contributed by atoms with Crippen LogP contribution in [0.3, 0.4) is 0 Å². The number of benzene rings is 1. The van der Waals surface area contributed by atoms with Crippen molar-refractivity contribution in [3.05, 3.63) is 35.4 Å². The molecule has 110 valence electrons. The van der Waals surface area contributed by atoms with Gasteiger partial charge in [0.25, 0.3) is 0 Å². The Morgan fingerprint density at radius 1 is 1.15 bits per heavy atom. The third-order valence-corrected chi connectivity index (χ3v) is 4.38. The zero-order chi connectivity index (χ0) is 14.4. The summed E-state index contributed by atoms with van der Waals surface area (Å²) < 4.78 is 0. The molecule has 0 bridgehead atoms. The van der Waals surface area contributed by atoms with Gasteiger partial charge >= 0.3 is 0 Å². The Kier molecular flexibility index (Phi) is 5.78. The fourth-order valence-electron chi connectivity index (χ4n) is 3.03. The van der Waals surface area contributed by atoms with Gasteiger partial charge in [0.2, 0.25) is 0 Å². The first kappa shape index (κ1) is 15.2. The van der Waals surface area contributed by atoms with Gasteiger partial charge in [0.15, 0.2) is 5.78 Å². The first-order chi connectivity index (χ1) is 9.70. The molecule has 2 nitrogen and oxygen atoms in total. The molecule has 0 aromatic heterocycles. The molecule has 1 aliphatic carbocycles. The van der Waals surface area contributed by atoms with Crippen LogP contribution in [0.5, 0.6) is 0 Å². The Labute approximate surface area is 123 Å². The summed E-state index contributed by atoms with van der Waals surface area (Å²) in [6, 6.07) is 8.49. The quantitative estimate of drug-likeness (QED) is 0.645. The van der Waals surface area contributed by atoms with Crippen LogP contribution in [0.15, 0.2) is 24.3 Å². The molecular formula is C18H27NO. The van der Waals surface area contributed by atoms with Crippen LogP contribution in [-0.4, -0.2) is 17.9 Å². The zero-order valence-electron chi connectivity index (χ0n) is 12.8. The molecule has 0 radical (unpaired) electrons. The number of Topliss-reactive ketones (excluding diaryl/α,β-unsaturated/α-hetero) is 1. The fourth-order valence-corrected chi connectivity index (χ4v) is 3.03. The third-order valence-electron chi connectivity index (χ3n) is 4.38. The highest BCUT2D eigenvalue weighted by Crippen LogP contribution is 2.18. The smallest absolute Gasteiger partial charge is 0.179 e.